The molecule has 0 spiro atoms. The fraction of sp³-hybridized carbons (Fsp3) is 0.333. The molecule has 4 nitrogen and oxygen atoms in total. The van der Waals surface area contributed by atoms with E-state index < -0.39 is 5.82 Å². The molecule has 2 N–H and O–H groups in total. The number of rotatable bonds is 1. The van der Waals surface area contributed by atoms with Crippen LogP contribution in [0, 0.1) is 5.82 Å². The lowest BCUT2D eigenvalue weighted by atomic mass is 9.91. The minimum atomic E-state index is -0.425. The highest BCUT2D eigenvalue weighted by molar-refractivity contribution is 6.30. The van der Waals surface area contributed by atoms with E-state index in [4.69, 9.17) is 17.3 Å². The van der Waals surface area contributed by atoms with Crippen LogP contribution in [0.15, 0.2) is 18.2 Å². The number of anilines is 1. The molecule has 6 heteroatoms. The van der Waals surface area contributed by atoms with Gasteiger partial charge in [0.05, 0.1) is 11.4 Å². The summed E-state index contributed by atoms with van der Waals surface area (Å²) < 4.78 is 14.9. The van der Waals surface area contributed by atoms with Gasteiger partial charge in [-0.3, -0.25) is 0 Å². The van der Waals surface area contributed by atoms with Crippen molar-refractivity contribution in [2.45, 2.75) is 26.2 Å². The molecule has 0 radical (unpaired) electrons. The maximum atomic E-state index is 13.4. The Balaban J connectivity index is 2.65. The van der Waals surface area contributed by atoms with Crippen molar-refractivity contribution in [3.63, 3.8) is 0 Å². The van der Waals surface area contributed by atoms with E-state index in [0.29, 0.717) is 16.5 Å². The van der Waals surface area contributed by atoms with Gasteiger partial charge in [-0.2, -0.15) is 0 Å². The quantitative estimate of drug-likeness (QED) is 0.865. The maximum absolute atomic E-state index is 13.4. The second kappa shape index (κ2) is 4.24. The van der Waals surface area contributed by atoms with E-state index >= 15 is 0 Å². The summed E-state index contributed by atoms with van der Waals surface area (Å²) in [6, 6.07) is 4.20. The summed E-state index contributed by atoms with van der Waals surface area (Å²) >= 11 is 5.84. The summed E-state index contributed by atoms with van der Waals surface area (Å²) in [7, 11) is 0. The molecule has 0 atom stereocenters. The van der Waals surface area contributed by atoms with Crippen LogP contribution in [-0.4, -0.2) is 15.0 Å². The first-order chi connectivity index (χ1) is 8.29. The molecule has 0 aliphatic rings. The van der Waals surface area contributed by atoms with Crippen LogP contribution in [0.1, 0.15) is 26.5 Å². The number of hydrogen-bond acceptors (Lipinski definition) is 3. The van der Waals surface area contributed by atoms with Crippen molar-refractivity contribution in [1.29, 1.82) is 0 Å². The molecule has 0 amide bonds. The highest BCUT2D eigenvalue weighted by atomic mass is 35.5. The summed E-state index contributed by atoms with van der Waals surface area (Å²) in [6.45, 7) is 5.96. The second-order valence-electron chi connectivity index (χ2n) is 5.11. The number of nitrogen functional groups attached to an aromatic ring is 1. The molecule has 0 fully saturated rings. The number of halogens is 2. The minimum absolute atomic E-state index is 0.258. The summed E-state index contributed by atoms with van der Waals surface area (Å²) in [6.07, 6.45) is 0. The lowest BCUT2D eigenvalue weighted by molar-refractivity contribution is 0.542. The maximum Gasteiger partial charge on any atom is 0.170 e. The van der Waals surface area contributed by atoms with Crippen molar-refractivity contribution in [3.8, 4) is 5.69 Å². The van der Waals surface area contributed by atoms with Crippen molar-refractivity contribution in [1.82, 2.24) is 15.0 Å². The third kappa shape index (κ3) is 2.31. The predicted octanol–water partition coefficient (Wildman–Crippen LogP) is 2.94. The summed E-state index contributed by atoms with van der Waals surface area (Å²) in [5, 5.41) is 8.10. The van der Waals surface area contributed by atoms with Crippen molar-refractivity contribution in [2.75, 3.05) is 5.73 Å². The highest BCUT2D eigenvalue weighted by Gasteiger charge is 2.25. The first-order valence-corrected chi connectivity index (χ1v) is 5.85. The summed E-state index contributed by atoms with van der Waals surface area (Å²) in [5.41, 5.74) is 6.80. The molecule has 18 heavy (non-hydrogen) atoms. The third-order valence-corrected chi connectivity index (χ3v) is 2.72. The number of benzene rings is 1. The first kappa shape index (κ1) is 12.8. The molecular weight excluding hydrogens is 255 g/mol. The van der Waals surface area contributed by atoms with Crippen molar-refractivity contribution in [3.05, 3.63) is 34.7 Å². The van der Waals surface area contributed by atoms with Gasteiger partial charge in [0.2, 0.25) is 0 Å². The van der Waals surface area contributed by atoms with E-state index in [1.165, 1.54) is 16.8 Å². The van der Waals surface area contributed by atoms with Crippen LogP contribution >= 0.6 is 11.6 Å². The van der Waals surface area contributed by atoms with E-state index in [1.54, 1.807) is 6.07 Å². The van der Waals surface area contributed by atoms with Crippen molar-refractivity contribution < 1.29 is 4.39 Å². The molecule has 0 aliphatic heterocycles. The number of hydrogen-bond donors (Lipinski definition) is 1. The Morgan fingerprint density at radius 1 is 1.28 bits per heavy atom. The molecule has 96 valence electrons. The van der Waals surface area contributed by atoms with Crippen LogP contribution in [-0.2, 0) is 5.41 Å². The van der Waals surface area contributed by atoms with Gasteiger partial charge in [0.15, 0.2) is 5.82 Å². The molecule has 0 aliphatic carbocycles. The van der Waals surface area contributed by atoms with E-state index in [9.17, 15) is 4.39 Å². The van der Waals surface area contributed by atoms with Crippen LogP contribution in [0.5, 0.6) is 0 Å². The smallest absolute Gasteiger partial charge is 0.170 e. The fourth-order valence-corrected chi connectivity index (χ4v) is 2.05. The average Bonchev–Trinajstić information content (AvgIpc) is 2.57. The monoisotopic (exact) mass is 268 g/mol. The van der Waals surface area contributed by atoms with Gasteiger partial charge in [0.1, 0.15) is 5.82 Å². The lowest BCUT2D eigenvalue weighted by Crippen LogP contribution is -2.19. The van der Waals surface area contributed by atoms with Gasteiger partial charge in [-0.25, -0.2) is 9.07 Å². The summed E-state index contributed by atoms with van der Waals surface area (Å²) in [4.78, 5) is 0. The van der Waals surface area contributed by atoms with Crippen LogP contribution in [0.4, 0.5) is 10.2 Å². The Morgan fingerprint density at radius 3 is 2.50 bits per heavy atom. The van der Waals surface area contributed by atoms with Crippen LogP contribution in [0.25, 0.3) is 5.69 Å². The predicted molar refractivity (Wildman–Crippen MR) is 69.4 cm³/mol. The van der Waals surface area contributed by atoms with Gasteiger partial charge in [0, 0.05) is 10.4 Å². The normalized spacial score (nSPS) is 11.8. The molecule has 1 aromatic heterocycles. The molecule has 0 saturated heterocycles. The van der Waals surface area contributed by atoms with E-state index in [1.807, 2.05) is 20.8 Å². The lowest BCUT2D eigenvalue weighted by Gasteiger charge is -2.20. The third-order valence-electron chi connectivity index (χ3n) is 2.50. The average molecular weight is 269 g/mol. The van der Waals surface area contributed by atoms with E-state index in [0.717, 1.165) is 5.69 Å². The molecule has 1 heterocycles. The van der Waals surface area contributed by atoms with Crippen molar-refractivity contribution in [2.24, 2.45) is 0 Å². The second-order valence-corrected chi connectivity index (χ2v) is 5.55. The topological polar surface area (TPSA) is 56.7 Å². The Morgan fingerprint density at radius 2 is 1.94 bits per heavy atom. The SMILES string of the molecule is CC(C)(C)c1c(N)nnn1-c1cc(F)cc(Cl)c1. The van der Waals surface area contributed by atoms with E-state index in [2.05, 4.69) is 10.3 Å². The van der Waals surface area contributed by atoms with Crippen LogP contribution in [0.2, 0.25) is 5.02 Å². The largest absolute Gasteiger partial charge is 0.381 e. The zero-order valence-corrected chi connectivity index (χ0v) is 11.2. The van der Waals surface area contributed by atoms with E-state index in [-0.39, 0.29) is 5.41 Å². The number of nitrogens with zero attached hydrogens (tertiary/aromatic N) is 3. The molecule has 0 unspecified atom stereocenters. The number of nitrogens with two attached hydrogens (primary N) is 1. The van der Waals surface area contributed by atoms with Crippen molar-refractivity contribution >= 4 is 17.4 Å². The Bertz CT molecular complexity index is 566. The molecular formula is C12H14ClFN4. The van der Waals surface area contributed by atoms with Gasteiger partial charge >= 0.3 is 0 Å². The Hall–Kier alpha value is -1.62. The van der Waals surface area contributed by atoms with Gasteiger partial charge < -0.3 is 5.73 Å². The molecule has 2 aromatic rings. The molecule has 0 bridgehead atoms. The van der Waals surface area contributed by atoms with Gasteiger partial charge in [-0.15, -0.1) is 5.10 Å². The fourth-order valence-electron chi connectivity index (χ4n) is 1.84. The minimum Gasteiger partial charge on any atom is -0.381 e. The Labute approximate surface area is 110 Å². The van der Waals surface area contributed by atoms with Gasteiger partial charge in [0.25, 0.3) is 0 Å². The zero-order chi connectivity index (χ0) is 13.5. The van der Waals surface area contributed by atoms with Gasteiger partial charge in [-0.05, 0) is 18.2 Å². The van der Waals surface area contributed by atoms with Crippen LogP contribution in [0.3, 0.4) is 0 Å². The molecule has 0 saturated carbocycles. The standard InChI is InChI=1S/C12H14ClFN4/c1-12(2,3)10-11(15)16-17-18(10)9-5-7(13)4-8(14)6-9/h4-6H,15H2,1-3H3. The Kier molecular flexibility index (Phi) is 3.02. The number of aromatic nitrogens is 3. The first-order valence-electron chi connectivity index (χ1n) is 5.47. The highest BCUT2D eigenvalue weighted by Crippen LogP contribution is 2.29. The molecule has 1 aromatic carbocycles. The summed E-state index contributed by atoms with van der Waals surface area (Å²) in [5.74, 6) is -0.0886. The molecule has 2 rings (SSSR count). The zero-order valence-electron chi connectivity index (χ0n) is 10.4. The van der Waals surface area contributed by atoms with Gasteiger partial charge in [-0.1, -0.05) is 37.6 Å². The van der Waals surface area contributed by atoms with Crippen LogP contribution < -0.4 is 5.73 Å².